The largest absolute Gasteiger partial charge is 0.427 e. The summed E-state index contributed by atoms with van der Waals surface area (Å²) in [5.41, 5.74) is 3.87. The van der Waals surface area contributed by atoms with Crippen molar-refractivity contribution < 1.29 is 9.53 Å². The van der Waals surface area contributed by atoms with E-state index in [0.29, 0.717) is 39.8 Å². The van der Waals surface area contributed by atoms with Crippen molar-refractivity contribution in [1.29, 1.82) is 0 Å². The Labute approximate surface area is 280 Å². The number of ether oxygens (including phenoxy) is 1. The van der Waals surface area contributed by atoms with Gasteiger partial charge in [0.25, 0.3) is 0 Å². The maximum Gasteiger partial charge on any atom is 0.311 e. The number of esters is 1. The van der Waals surface area contributed by atoms with Crippen molar-refractivity contribution in [2.45, 2.75) is 106 Å². The number of nitrogens with zero attached hydrogens (tertiary/aromatic N) is 6. The molecule has 0 saturated carbocycles. The first-order valence-electron chi connectivity index (χ1n) is 17.2. The number of hydrogen-bond donors (Lipinski definition) is 0. The summed E-state index contributed by atoms with van der Waals surface area (Å²) in [5, 5.41) is 18.7. The second-order valence-electron chi connectivity index (χ2n) is 12.7. The zero-order chi connectivity index (χ0) is 33.3. The van der Waals surface area contributed by atoms with Gasteiger partial charge in [0, 0.05) is 25.2 Å². The molecule has 2 atom stereocenters. The molecule has 46 heavy (non-hydrogen) atoms. The smallest absolute Gasteiger partial charge is 0.311 e. The van der Waals surface area contributed by atoms with Crippen LogP contribution in [0.2, 0.25) is 0 Å². The highest BCUT2D eigenvalue weighted by molar-refractivity contribution is 7.18. The highest BCUT2D eigenvalue weighted by Gasteiger charge is 2.18. The Morgan fingerprint density at radius 3 is 2.09 bits per heavy atom. The Morgan fingerprint density at radius 2 is 1.52 bits per heavy atom. The van der Waals surface area contributed by atoms with Crippen LogP contribution in [0.25, 0.3) is 0 Å². The van der Waals surface area contributed by atoms with Gasteiger partial charge in [0.05, 0.1) is 17.6 Å². The highest BCUT2D eigenvalue weighted by Crippen LogP contribution is 2.33. The molecule has 3 aromatic rings. The second-order valence-corrected chi connectivity index (χ2v) is 13.6. The summed E-state index contributed by atoms with van der Waals surface area (Å²) in [6, 6.07) is 13.5. The topological polar surface area (TPSA) is 91.9 Å². The molecule has 2 aromatic carbocycles. The van der Waals surface area contributed by atoms with Gasteiger partial charge in [-0.05, 0) is 85.5 Å². The number of azo groups is 2. The van der Waals surface area contributed by atoms with Crippen LogP contribution >= 0.6 is 11.3 Å². The molecule has 9 heteroatoms. The molecule has 0 radical (unpaired) electrons. The molecule has 0 saturated heterocycles. The molecule has 1 heterocycles. The third-order valence-electron chi connectivity index (χ3n) is 8.22. The molecule has 0 aliphatic carbocycles. The lowest BCUT2D eigenvalue weighted by Gasteiger charge is -2.33. The average Bonchev–Trinajstić information content (AvgIpc) is 3.50. The third-order valence-corrected chi connectivity index (χ3v) is 8.99. The van der Waals surface area contributed by atoms with Gasteiger partial charge in [-0.25, -0.2) is 4.98 Å². The maximum atomic E-state index is 11.9. The maximum absolute atomic E-state index is 11.9. The standard InChI is InChI=1S/C37H54N6O2S/c1-8-12-14-29(10-3)25-43(26-30(11-4)15-13-9-2)32-18-21-34(28(7)23-32)40-42-37-38-24-35(46-37)41-39-31-16-19-33(20-17-31)45-36(44)22-27(5)6/h16-21,23-24,27,29-30H,8-15,22,25-26H2,1-7H3/b41-39?,42-40+. The molecule has 0 spiro atoms. The lowest BCUT2D eigenvalue weighted by molar-refractivity contribution is -0.135. The van der Waals surface area contributed by atoms with E-state index in [1.165, 1.54) is 68.4 Å². The predicted octanol–water partition coefficient (Wildman–Crippen LogP) is 12.5. The SMILES string of the molecule is CCCCC(CC)CN(CC(CC)CCCC)c1ccc(/N=N/c2ncc(N=Nc3ccc(OC(=O)CC(C)C)cc3)s2)c(C)c1. The number of anilines is 1. The number of unbranched alkanes of at least 4 members (excludes halogenated alkanes) is 2. The third kappa shape index (κ3) is 12.7. The van der Waals surface area contributed by atoms with Gasteiger partial charge in [0.15, 0.2) is 5.00 Å². The molecule has 0 aliphatic rings. The predicted molar refractivity (Wildman–Crippen MR) is 192 cm³/mol. The summed E-state index contributed by atoms with van der Waals surface area (Å²) in [6.45, 7) is 17.5. The lowest BCUT2D eigenvalue weighted by atomic mass is 9.95. The monoisotopic (exact) mass is 646 g/mol. The number of rotatable bonds is 20. The van der Waals surface area contributed by atoms with Crippen molar-refractivity contribution >= 4 is 44.5 Å². The molecule has 0 aliphatic heterocycles. The minimum Gasteiger partial charge on any atom is -0.427 e. The van der Waals surface area contributed by atoms with Crippen molar-refractivity contribution in [3.8, 4) is 5.75 Å². The summed E-state index contributed by atoms with van der Waals surface area (Å²) in [4.78, 5) is 18.9. The van der Waals surface area contributed by atoms with Crippen LogP contribution in [0.15, 0.2) is 69.1 Å². The van der Waals surface area contributed by atoms with Crippen molar-refractivity contribution in [1.82, 2.24) is 4.98 Å². The van der Waals surface area contributed by atoms with Gasteiger partial charge in [-0.3, -0.25) is 4.79 Å². The molecule has 1 aromatic heterocycles. The number of aromatic nitrogens is 1. The van der Waals surface area contributed by atoms with Crippen molar-refractivity contribution in [2.75, 3.05) is 18.0 Å². The van der Waals surface area contributed by atoms with Crippen LogP contribution in [0.4, 0.5) is 27.2 Å². The Bertz CT molecular complexity index is 1370. The summed E-state index contributed by atoms with van der Waals surface area (Å²) < 4.78 is 5.36. The minimum absolute atomic E-state index is 0.241. The fourth-order valence-corrected chi connectivity index (χ4v) is 5.89. The van der Waals surface area contributed by atoms with Gasteiger partial charge < -0.3 is 9.64 Å². The Kier molecular flexibility index (Phi) is 16.0. The van der Waals surface area contributed by atoms with Gasteiger partial charge in [-0.2, -0.15) is 0 Å². The summed E-state index contributed by atoms with van der Waals surface area (Å²) >= 11 is 1.32. The number of benzene rings is 2. The van der Waals surface area contributed by atoms with E-state index < -0.39 is 0 Å². The number of carbonyl (C=O) groups excluding carboxylic acids is 1. The van der Waals surface area contributed by atoms with Crippen LogP contribution in [0.3, 0.4) is 0 Å². The molecular weight excluding hydrogens is 593 g/mol. The molecule has 0 N–H and O–H groups in total. The zero-order valence-corrected chi connectivity index (χ0v) is 29.9. The average molecular weight is 647 g/mol. The van der Waals surface area contributed by atoms with Gasteiger partial charge >= 0.3 is 5.97 Å². The summed E-state index contributed by atoms with van der Waals surface area (Å²) in [5.74, 6) is 1.92. The molecule has 250 valence electrons. The molecule has 0 fully saturated rings. The number of thiazole rings is 1. The Hall–Kier alpha value is -3.46. The van der Waals surface area contributed by atoms with Crippen molar-refractivity contribution in [2.24, 2.45) is 38.2 Å². The molecular formula is C37H54N6O2S. The number of hydrogen-bond acceptors (Lipinski definition) is 9. The van der Waals surface area contributed by atoms with Crippen LogP contribution in [0, 0.1) is 24.7 Å². The van der Waals surface area contributed by atoms with Crippen LogP contribution in [-0.4, -0.2) is 24.0 Å². The first kappa shape index (κ1) is 37.0. The van der Waals surface area contributed by atoms with Gasteiger partial charge in [-0.1, -0.05) is 91.4 Å². The van der Waals surface area contributed by atoms with Crippen molar-refractivity contribution in [3.05, 3.63) is 54.2 Å². The minimum atomic E-state index is -0.241. The van der Waals surface area contributed by atoms with E-state index in [0.717, 1.165) is 24.3 Å². The zero-order valence-electron chi connectivity index (χ0n) is 29.0. The number of aryl methyl sites for hydroxylation is 1. The van der Waals surface area contributed by atoms with E-state index in [9.17, 15) is 4.79 Å². The Balaban J connectivity index is 1.67. The fourth-order valence-electron chi connectivity index (χ4n) is 5.33. The van der Waals surface area contributed by atoms with Crippen LogP contribution in [-0.2, 0) is 4.79 Å². The molecule has 0 bridgehead atoms. The van der Waals surface area contributed by atoms with Crippen molar-refractivity contribution in [3.63, 3.8) is 0 Å². The van der Waals surface area contributed by atoms with Crippen LogP contribution in [0.5, 0.6) is 5.75 Å². The van der Waals surface area contributed by atoms with E-state index in [4.69, 9.17) is 4.74 Å². The first-order chi connectivity index (χ1) is 22.2. The highest BCUT2D eigenvalue weighted by atomic mass is 32.1. The Morgan fingerprint density at radius 1 is 0.870 bits per heavy atom. The summed E-state index contributed by atoms with van der Waals surface area (Å²) in [7, 11) is 0. The van der Waals surface area contributed by atoms with Crippen LogP contribution < -0.4 is 9.64 Å². The molecule has 2 unspecified atom stereocenters. The molecule has 3 rings (SSSR count). The van der Waals surface area contributed by atoms with E-state index in [2.05, 4.69) is 83.2 Å². The van der Waals surface area contributed by atoms with Gasteiger partial charge in [-0.15, -0.1) is 20.5 Å². The fraction of sp³-hybridized carbons (Fsp3) is 0.568. The quantitative estimate of drug-likeness (QED) is 0.0693. The van der Waals surface area contributed by atoms with Gasteiger partial charge in [0.2, 0.25) is 5.13 Å². The van der Waals surface area contributed by atoms with Crippen LogP contribution in [0.1, 0.15) is 105 Å². The van der Waals surface area contributed by atoms with E-state index >= 15 is 0 Å². The summed E-state index contributed by atoms with van der Waals surface area (Å²) in [6.07, 6.45) is 12.1. The molecule has 8 nitrogen and oxygen atoms in total. The normalized spacial score (nSPS) is 13.1. The lowest BCUT2D eigenvalue weighted by Crippen LogP contribution is -2.34. The number of carbonyl (C=O) groups is 1. The van der Waals surface area contributed by atoms with E-state index in [1.54, 1.807) is 30.5 Å². The van der Waals surface area contributed by atoms with E-state index in [-0.39, 0.29) is 11.9 Å². The molecule has 0 amide bonds. The first-order valence-corrected chi connectivity index (χ1v) is 18.0. The van der Waals surface area contributed by atoms with E-state index in [1.807, 2.05) is 13.8 Å². The second kappa shape index (κ2) is 19.9. The van der Waals surface area contributed by atoms with Gasteiger partial charge in [0.1, 0.15) is 5.75 Å².